The molecule has 2 amide bonds. The number of likely N-dealkylation sites (tertiary alicyclic amines) is 1. The third-order valence-electron chi connectivity index (χ3n) is 4.92. The molecule has 1 aromatic rings. The van der Waals surface area contributed by atoms with E-state index in [2.05, 4.69) is 10.3 Å². The quantitative estimate of drug-likeness (QED) is 0.913. The molecule has 0 aliphatic carbocycles. The summed E-state index contributed by atoms with van der Waals surface area (Å²) in [6.45, 7) is 5.86. The van der Waals surface area contributed by atoms with E-state index in [9.17, 15) is 9.59 Å². The second-order valence-electron chi connectivity index (χ2n) is 7.06. The van der Waals surface area contributed by atoms with E-state index in [0.717, 1.165) is 32.4 Å². The number of nitrogens with one attached hydrogen (secondary N) is 1. The Morgan fingerprint density at radius 2 is 2.08 bits per heavy atom. The maximum absolute atomic E-state index is 12.2. The van der Waals surface area contributed by atoms with Crippen molar-refractivity contribution in [1.82, 2.24) is 15.2 Å². The second kappa shape index (κ2) is 6.89. The normalized spacial score (nSPS) is 22.8. The topological polar surface area (TPSA) is 71.5 Å². The average Bonchev–Trinajstić information content (AvgIpc) is 2.98. The molecule has 1 spiro atoms. The molecular weight excluding hydrogens is 306 g/mol. The van der Waals surface area contributed by atoms with Crippen LogP contribution in [0.4, 0.5) is 0 Å². The van der Waals surface area contributed by atoms with Gasteiger partial charge in [-0.25, -0.2) is 0 Å². The SMILES string of the molecule is CC(C)C(=O)N1CCC2(CC1)CC(NC(=O)c1ccccn1)CO2. The second-order valence-corrected chi connectivity index (χ2v) is 7.06. The lowest BCUT2D eigenvalue weighted by atomic mass is 9.87. The number of ether oxygens (including phenoxy) is 1. The van der Waals surface area contributed by atoms with Crippen molar-refractivity contribution in [2.24, 2.45) is 5.92 Å². The molecule has 0 bridgehead atoms. The molecular formula is C18H25N3O3. The van der Waals surface area contributed by atoms with Crippen molar-refractivity contribution in [2.75, 3.05) is 19.7 Å². The first-order valence-corrected chi connectivity index (χ1v) is 8.64. The van der Waals surface area contributed by atoms with E-state index < -0.39 is 0 Å². The number of amides is 2. The number of hydrogen-bond acceptors (Lipinski definition) is 4. The number of nitrogens with zero attached hydrogens (tertiary/aromatic N) is 2. The lowest BCUT2D eigenvalue weighted by Crippen LogP contribution is -2.48. The zero-order valence-electron chi connectivity index (χ0n) is 14.3. The Hall–Kier alpha value is -1.95. The highest BCUT2D eigenvalue weighted by atomic mass is 16.5. The van der Waals surface area contributed by atoms with Gasteiger partial charge in [0.2, 0.25) is 5.91 Å². The molecule has 130 valence electrons. The fraction of sp³-hybridized carbons (Fsp3) is 0.611. The summed E-state index contributed by atoms with van der Waals surface area (Å²) >= 11 is 0. The van der Waals surface area contributed by atoms with Crippen LogP contribution in [0.2, 0.25) is 0 Å². The van der Waals surface area contributed by atoms with Gasteiger partial charge in [0.15, 0.2) is 0 Å². The van der Waals surface area contributed by atoms with Crippen molar-refractivity contribution >= 4 is 11.8 Å². The molecule has 3 heterocycles. The molecule has 6 heteroatoms. The van der Waals surface area contributed by atoms with Gasteiger partial charge in [-0.05, 0) is 31.4 Å². The molecule has 0 radical (unpaired) electrons. The number of pyridine rings is 1. The maximum Gasteiger partial charge on any atom is 0.270 e. The molecule has 2 fully saturated rings. The van der Waals surface area contributed by atoms with Crippen LogP contribution in [0.3, 0.4) is 0 Å². The summed E-state index contributed by atoms with van der Waals surface area (Å²) in [5.74, 6) is 0.0884. The molecule has 2 saturated heterocycles. The molecule has 1 aromatic heterocycles. The van der Waals surface area contributed by atoms with Crippen LogP contribution < -0.4 is 5.32 Å². The highest BCUT2D eigenvalue weighted by Crippen LogP contribution is 2.36. The number of carbonyl (C=O) groups is 2. The van der Waals surface area contributed by atoms with Crippen LogP contribution in [0, 0.1) is 5.92 Å². The molecule has 1 unspecified atom stereocenters. The van der Waals surface area contributed by atoms with Crippen LogP contribution in [0.1, 0.15) is 43.6 Å². The van der Waals surface area contributed by atoms with E-state index in [1.807, 2.05) is 18.7 Å². The van der Waals surface area contributed by atoms with E-state index in [1.165, 1.54) is 0 Å². The number of aromatic nitrogens is 1. The third-order valence-corrected chi connectivity index (χ3v) is 4.92. The Kier molecular flexibility index (Phi) is 4.85. The van der Waals surface area contributed by atoms with Gasteiger partial charge >= 0.3 is 0 Å². The summed E-state index contributed by atoms with van der Waals surface area (Å²) in [5, 5.41) is 3.01. The van der Waals surface area contributed by atoms with Gasteiger partial charge in [0, 0.05) is 25.2 Å². The summed E-state index contributed by atoms with van der Waals surface area (Å²) in [4.78, 5) is 30.3. The van der Waals surface area contributed by atoms with Crippen molar-refractivity contribution in [1.29, 1.82) is 0 Å². The van der Waals surface area contributed by atoms with E-state index in [0.29, 0.717) is 12.3 Å². The Balaban J connectivity index is 1.53. The first-order chi connectivity index (χ1) is 11.5. The predicted octanol–water partition coefficient (Wildman–Crippen LogP) is 1.62. The zero-order chi connectivity index (χ0) is 17.2. The number of hydrogen-bond donors (Lipinski definition) is 1. The highest BCUT2D eigenvalue weighted by molar-refractivity contribution is 5.92. The lowest BCUT2D eigenvalue weighted by Gasteiger charge is -2.39. The van der Waals surface area contributed by atoms with Crippen LogP contribution >= 0.6 is 0 Å². The molecule has 0 aromatic carbocycles. The van der Waals surface area contributed by atoms with Crippen molar-refractivity contribution in [2.45, 2.75) is 44.8 Å². The first-order valence-electron chi connectivity index (χ1n) is 8.64. The fourth-order valence-corrected chi connectivity index (χ4v) is 3.54. The molecule has 2 aliphatic heterocycles. The molecule has 6 nitrogen and oxygen atoms in total. The zero-order valence-corrected chi connectivity index (χ0v) is 14.3. The van der Waals surface area contributed by atoms with Crippen molar-refractivity contribution < 1.29 is 14.3 Å². The maximum atomic E-state index is 12.2. The summed E-state index contributed by atoms with van der Waals surface area (Å²) in [7, 11) is 0. The van der Waals surface area contributed by atoms with Crippen LogP contribution in [-0.4, -0.2) is 53.0 Å². The molecule has 24 heavy (non-hydrogen) atoms. The Morgan fingerprint density at radius 3 is 2.71 bits per heavy atom. The van der Waals surface area contributed by atoms with Gasteiger partial charge in [-0.15, -0.1) is 0 Å². The average molecular weight is 331 g/mol. The largest absolute Gasteiger partial charge is 0.373 e. The Bertz CT molecular complexity index is 595. The van der Waals surface area contributed by atoms with Crippen LogP contribution in [0.25, 0.3) is 0 Å². The minimum absolute atomic E-state index is 0.00635. The van der Waals surface area contributed by atoms with E-state index in [4.69, 9.17) is 4.74 Å². The van der Waals surface area contributed by atoms with E-state index in [-0.39, 0.29) is 29.4 Å². The van der Waals surface area contributed by atoms with E-state index >= 15 is 0 Å². The summed E-state index contributed by atoms with van der Waals surface area (Å²) in [6.07, 6.45) is 4.08. The van der Waals surface area contributed by atoms with Gasteiger partial charge in [-0.2, -0.15) is 0 Å². The van der Waals surface area contributed by atoms with Gasteiger partial charge < -0.3 is 15.0 Å². The molecule has 3 rings (SSSR count). The number of piperidine rings is 1. The first kappa shape index (κ1) is 16.9. The lowest BCUT2D eigenvalue weighted by molar-refractivity contribution is -0.139. The van der Waals surface area contributed by atoms with Gasteiger partial charge in [0.25, 0.3) is 5.91 Å². The van der Waals surface area contributed by atoms with Crippen LogP contribution in [0.5, 0.6) is 0 Å². The third kappa shape index (κ3) is 3.59. The monoisotopic (exact) mass is 331 g/mol. The number of carbonyl (C=O) groups excluding carboxylic acids is 2. The summed E-state index contributed by atoms with van der Waals surface area (Å²) < 4.78 is 6.05. The minimum atomic E-state index is -0.199. The van der Waals surface area contributed by atoms with Gasteiger partial charge in [-0.1, -0.05) is 19.9 Å². The predicted molar refractivity (Wildman–Crippen MR) is 89.4 cm³/mol. The fourth-order valence-electron chi connectivity index (χ4n) is 3.54. The van der Waals surface area contributed by atoms with Crippen molar-refractivity contribution in [3.05, 3.63) is 30.1 Å². The molecule has 1 atom stereocenters. The Morgan fingerprint density at radius 1 is 1.33 bits per heavy atom. The van der Waals surface area contributed by atoms with Gasteiger partial charge in [0.1, 0.15) is 5.69 Å². The Labute approximate surface area is 142 Å². The van der Waals surface area contributed by atoms with Crippen LogP contribution in [-0.2, 0) is 9.53 Å². The highest BCUT2D eigenvalue weighted by Gasteiger charge is 2.44. The molecule has 2 aliphatic rings. The molecule has 1 N–H and O–H groups in total. The van der Waals surface area contributed by atoms with E-state index in [1.54, 1.807) is 24.4 Å². The van der Waals surface area contributed by atoms with Crippen molar-refractivity contribution in [3.63, 3.8) is 0 Å². The summed E-state index contributed by atoms with van der Waals surface area (Å²) in [6, 6.07) is 5.30. The minimum Gasteiger partial charge on any atom is -0.373 e. The van der Waals surface area contributed by atoms with Crippen LogP contribution in [0.15, 0.2) is 24.4 Å². The smallest absolute Gasteiger partial charge is 0.270 e. The van der Waals surface area contributed by atoms with Gasteiger partial charge in [0.05, 0.1) is 18.2 Å². The summed E-state index contributed by atoms with van der Waals surface area (Å²) in [5.41, 5.74) is 0.228. The number of rotatable bonds is 3. The standard InChI is InChI=1S/C18H25N3O3/c1-13(2)17(23)21-9-6-18(7-10-21)11-14(12-24-18)20-16(22)15-5-3-4-8-19-15/h3-5,8,13-14H,6-7,9-12H2,1-2H3,(H,20,22). The molecule has 0 saturated carbocycles. The van der Waals surface area contributed by atoms with Gasteiger partial charge in [-0.3, -0.25) is 14.6 Å². The van der Waals surface area contributed by atoms with Crippen molar-refractivity contribution in [3.8, 4) is 0 Å².